The molecule has 6 nitrogen and oxygen atoms in total. The van der Waals surface area contributed by atoms with Gasteiger partial charge in [0, 0.05) is 17.8 Å². The van der Waals surface area contributed by atoms with Gasteiger partial charge in [0.25, 0.3) is 0 Å². The zero-order valence-corrected chi connectivity index (χ0v) is 11.2. The van der Waals surface area contributed by atoms with Gasteiger partial charge in [-0.3, -0.25) is 5.41 Å². The number of nitrogens with one attached hydrogen (secondary N) is 1. The summed E-state index contributed by atoms with van der Waals surface area (Å²) in [7, 11) is 3.10. The van der Waals surface area contributed by atoms with Gasteiger partial charge in [-0.05, 0) is 18.2 Å². The van der Waals surface area contributed by atoms with Crippen molar-refractivity contribution in [3.05, 3.63) is 42.1 Å². The second kappa shape index (κ2) is 5.92. The monoisotopic (exact) mass is 273 g/mol. The van der Waals surface area contributed by atoms with Crippen molar-refractivity contribution in [2.75, 3.05) is 14.2 Å². The Morgan fingerprint density at radius 2 is 1.75 bits per heavy atom. The fourth-order valence-electron chi connectivity index (χ4n) is 1.62. The summed E-state index contributed by atoms with van der Waals surface area (Å²) in [5, 5.41) is 7.31. The molecule has 20 heavy (non-hydrogen) atoms. The summed E-state index contributed by atoms with van der Waals surface area (Å²) in [6, 6.07) is 8.62. The molecule has 6 heteroatoms. The maximum atomic E-state index is 7.31. The molecule has 0 atom stereocenters. The highest BCUT2D eigenvalue weighted by atomic mass is 16.5. The highest BCUT2D eigenvalue weighted by Gasteiger charge is 2.13. The first-order chi connectivity index (χ1) is 9.65. The first-order valence-electron chi connectivity index (χ1n) is 5.85. The van der Waals surface area contributed by atoms with Crippen LogP contribution in [0.15, 0.2) is 36.5 Å². The number of nitrogens with zero attached hydrogens (tertiary/aromatic N) is 1. The van der Waals surface area contributed by atoms with Gasteiger partial charge in [-0.2, -0.15) is 0 Å². The quantitative estimate of drug-likeness (QED) is 0.643. The minimum atomic E-state index is -0.0427. The minimum absolute atomic E-state index is 0.0427. The summed E-state index contributed by atoms with van der Waals surface area (Å²) in [5.41, 5.74) is 5.90. The molecule has 104 valence electrons. The average molecular weight is 273 g/mol. The number of hydrogen-bond acceptors (Lipinski definition) is 5. The molecule has 0 saturated carbocycles. The molecular weight excluding hydrogens is 258 g/mol. The molecule has 1 heterocycles. The molecule has 2 aromatic rings. The summed E-state index contributed by atoms with van der Waals surface area (Å²) in [6.07, 6.45) is 1.47. The molecule has 0 saturated heterocycles. The molecule has 0 spiro atoms. The third kappa shape index (κ3) is 2.80. The van der Waals surface area contributed by atoms with Crippen molar-refractivity contribution in [3.63, 3.8) is 0 Å². The first-order valence-corrected chi connectivity index (χ1v) is 5.85. The van der Waals surface area contributed by atoms with Crippen molar-refractivity contribution in [1.29, 1.82) is 5.41 Å². The molecule has 0 amide bonds. The number of hydrogen-bond donors (Lipinski definition) is 2. The molecule has 0 unspecified atom stereocenters. The Hall–Kier alpha value is -2.76. The largest absolute Gasteiger partial charge is 0.493 e. The van der Waals surface area contributed by atoms with Gasteiger partial charge in [-0.15, -0.1) is 0 Å². The number of ether oxygens (including phenoxy) is 3. The number of rotatable bonds is 5. The zero-order chi connectivity index (χ0) is 14.5. The third-order valence-electron chi connectivity index (χ3n) is 2.64. The van der Waals surface area contributed by atoms with Crippen molar-refractivity contribution in [1.82, 2.24) is 4.98 Å². The molecule has 0 aliphatic heterocycles. The maximum Gasteiger partial charge on any atom is 0.219 e. The number of amidine groups is 1. The first kappa shape index (κ1) is 13.7. The van der Waals surface area contributed by atoms with E-state index in [4.69, 9.17) is 25.4 Å². The van der Waals surface area contributed by atoms with Crippen LogP contribution in [0.1, 0.15) is 5.56 Å². The van der Waals surface area contributed by atoms with E-state index in [1.54, 1.807) is 44.6 Å². The second-order valence-electron chi connectivity index (χ2n) is 3.89. The SMILES string of the molecule is COc1cccc(OC)c1Oc1ccc(C(=N)N)cn1. The van der Waals surface area contributed by atoms with E-state index in [0.717, 1.165) is 0 Å². The van der Waals surface area contributed by atoms with Gasteiger partial charge >= 0.3 is 0 Å². The van der Waals surface area contributed by atoms with Gasteiger partial charge in [0.2, 0.25) is 11.6 Å². The number of methoxy groups -OCH3 is 2. The summed E-state index contributed by atoms with van der Waals surface area (Å²) >= 11 is 0. The van der Waals surface area contributed by atoms with Gasteiger partial charge in [-0.1, -0.05) is 6.07 Å². The van der Waals surface area contributed by atoms with Gasteiger partial charge in [0.05, 0.1) is 14.2 Å². The fourth-order valence-corrected chi connectivity index (χ4v) is 1.62. The Kier molecular flexibility index (Phi) is 4.05. The standard InChI is InChI=1S/C14H15N3O3/c1-18-10-4-3-5-11(19-2)13(10)20-12-7-6-9(8-17-12)14(15)16/h3-8H,1-2H3,(H3,15,16). The van der Waals surface area contributed by atoms with Gasteiger partial charge in [0.15, 0.2) is 11.5 Å². The topological polar surface area (TPSA) is 90.5 Å². The molecular formula is C14H15N3O3. The molecule has 3 N–H and O–H groups in total. The van der Waals surface area contributed by atoms with Crippen LogP contribution in [0, 0.1) is 5.41 Å². The van der Waals surface area contributed by atoms with Crippen LogP contribution in [0.5, 0.6) is 23.1 Å². The van der Waals surface area contributed by atoms with Crippen LogP contribution in [-0.2, 0) is 0 Å². The molecule has 2 rings (SSSR count). The minimum Gasteiger partial charge on any atom is -0.493 e. The molecule has 0 fully saturated rings. The van der Waals surface area contributed by atoms with Crippen LogP contribution < -0.4 is 19.9 Å². The predicted molar refractivity (Wildman–Crippen MR) is 74.9 cm³/mol. The van der Waals surface area contributed by atoms with Crippen molar-refractivity contribution in [3.8, 4) is 23.1 Å². The zero-order valence-electron chi connectivity index (χ0n) is 11.2. The Balaban J connectivity index is 2.31. The van der Waals surface area contributed by atoms with Crippen LogP contribution in [-0.4, -0.2) is 25.0 Å². The normalized spacial score (nSPS) is 9.90. The number of benzene rings is 1. The van der Waals surface area contributed by atoms with Crippen LogP contribution in [0.3, 0.4) is 0 Å². The van der Waals surface area contributed by atoms with Crippen molar-refractivity contribution in [2.24, 2.45) is 5.73 Å². The van der Waals surface area contributed by atoms with E-state index in [1.165, 1.54) is 6.20 Å². The average Bonchev–Trinajstić information content (AvgIpc) is 2.48. The molecule has 0 bridgehead atoms. The Bertz CT molecular complexity index is 589. The van der Waals surface area contributed by atoms with Gasteiger partial charge in [0.1, 0.15) is 5.84 Å². The summed E-state index contributed by atoms with van der Waals surface area (Å²) < 4.78 is 16.2. The van der Waals surface area contributed by atoms with E-state index < -0.39 is 0 Å². The Labute approximate surface area is 116 Å². The lowest BCUT2D eigenvalue weighted by atomic mass is 10.2. The number of para-hydroxylation sites is 1. The van der Waals surface area contributed by atoms with Crippen LogP contribution in [0.4, 0.5) is 0 Å². The molecule has 1 aromatic heterocycles. The third-order valence-corrected chi connectivity index (χ3v) is 2.64. The lowest BCUT2D eigenvalue weighted by Gasteiger charge is -2.13. The second-order valence-corrected chi connectivity index (χ2v) is 3.89. The van der Waals surface area contributed by atoms with Crippen LogP contribution >= 0.6 is 0 Å². The Morgan fingerprint density at radius 3 is 2.20 bits per heavy atom. The van der Waals surface area contributed by atoms with E-state index in [-0.39, 0.29) is 5.84 Å². The molecule has 0 aliphatic carbocycles. The van der Waals surface area contributed by atoms with E-state index in [1.807, 2.05) is 0 Å². The smallest absolute Gasteiger partial charge is 0.219 e. The number of nitrogens with two attached hydrogens (primary N) is 1. The van der Waals surface area contributed by atoms with Crippen molar-refractivity contribution < 1.29 is 14.2 Å². The van der Waals surface area contributed by atoms with Crippen molar-refractivity contribution >= 4 is 5.84 Å². The molecule has 0 radical (unpaired) electrons. The maximum absolute atomic E-state index is 7.31. The number of pyridine rings is 1. The molecule has 1 aromatic carbocycles. The van der Waals surface area contributed by atoms with Gasteiger partial charge in [-0.25, -0.2) is 4.98 Å². The predicted octanol–water partition coefficient (Wildman–Crippen LogP) is 2.18. The fraction of sp³-hybridized carbons (Fsp3) is 0.143. The van der Waals surface area contributed by atoms with Crippen LogP contribution in [0.25, 0.3) is 0 Å². The summed E-state index contributed by atoms with van der Waals surface area (Å²) in [4.78, 5) is 4.09. The highest BCUT2D eigenvalue weighted by Crippen LogP contribution is 2.39. The van der Waals surface area contributed by atoms with E-state index in [2.05, 4.69) is 4.98 Å². The van der Waals surface area contributed by atoms with Crippen LogP contribution in [0.2, 0.25) is 0 Å². The van der Waals surface area contributed by atoms with E-state index in [0.29, 0.717) is 28.7 Å². The van der Waals surface area contributed by atoms with E-state index in [9.17, 15) is 0 Å². The lowest BCUT2D eigenvalue weighted by Crippen LogP contribution is -2.11. The number of nitrogen functional groups attached to an aromatic ring is 1. The highest BCUT2D eigenvalue weighted by molar-refractivity contribution is 5.94. The van der Waals surface area contributed by atoms with E-state index >= 15 is 0 Å². The number of aromatic nitrogens is 1. The molecule has 0 aliphatic rings. The summed E-state index contributed by atoms with van der Waals surface area (Å²) in [5.74, 6) is 1.85. The lowest BCUT2D eigenvalue weighted by molar-refractivity contribution is 0.342. The summed E-state index contributed by atoms with van der Waals surface area (Å²) in [6.45, 7) is 0. The van der Waals surface area contributed by atoms with Crippen molar-refractivity contribution in [2.45, 2.75) is 0 Å². The Morgan fingerprint density at radius 1 is 1.10 bits per heavy atom. The van der Waals surface area contributed by atoms with Gasteiger partial charge < -0.3 is 19.9 Å².